The molecular formula is C10H18N4O. The molecule has 5 heteroatoms. The van der Waals surface area contributed by atoms with Crippen LogP contribution in [0, 0.1) is 0 Å². The molecule has 15 heavy (non-hydrogen) atoms. The number of carbonyl (C=O) groups excluding carboxylic acids is 1. The van der Waals surface area contributed by atoms with Crippen LogP contribution in [0.15, 0.2) is 12.3 Å². The van der Waals surface area contributed by atoms with Crippen LogP contribution in [-0.4, -0.2) is 28.3 Å². The summed E-state index contributed by atoms with van der Waals surface area (Å²) in [5.74, 6) is -0.289. The summed E-state index contributed by atoms with van der Waals surface area (Å²) in [5, 5.41) is 7.19. The molecule has 0 saturated heterocycles. The first kappa shape index (κ1) is 11.7. The van der Waals surface area contributed by atoms with Gasteiger partial charge in [-0.05, 0) is 12.5 Å². The fourth-order valence-corrected chi connectivity index (χ4v) is 1.47. The smallest absolute Gasteiger partial charge is 0.234 e. The number of amides is 1. The molecule has 0 radical (unpaired) electrons. The average Bonchev–Trinajstić information content (AvgIpc) is 2.58. The predicted molar refractivity (Wildman–Crippen MR) is 58.2 cm³/mol. The normalized spacial score (nSPS) is 12.7. The van der Waals surface area contributed by atoms with E-state index in [1.165, 1.54) is 0 Å². The van der Waals surface area contributed by atoms with Gasteiger partial charge in [-0.25, -0.2) is 0 Å². The zero-order chi connectivity index (χ0) is 11.3. The SMILES string of the molecule is CCC(NCCc1ccnn1C)C(N)=O. The fourth-order valence-electron chi connectivity index (χ4n) is 1.47. The van der Waals surface area contributed by atoms with Crippen LogP contribution < -0.4 is 11.1 Å². The monoisotopic (exact) mass is 210 g/mol. The van der Waals surface area contributed by atoms with Crippen molar-refractivity contribution in [2.24, 2.45) is 12.8 Å². The molecule has 0 spiro atoms. The van der Waals surface area contributed by atoms with Crippen LogP contribution >= 0.6 is 0 Å². The number of nitrogens with one attached hydrogen (secondary N) is 1. The number of aryl methyl sites for hydroxylation is 1. The van der Waals surface area contributed by atoms with Crippen molar-refractivity contribution in [1.82, 2.24) is 15.1 Å². The Kier molecular flexibility index (Phi) is 4.30. The van der Waals surface area contributed by atoms with Gasteiger partial charge in [0.25, 0.3) is 0 Å². The maximum absolute atomic E-state index is 10.9. The topological polar surface area (TPSA) is 72.9 Å². The highest BCUT2D eigenvalue weighted by Gasteiger charge is 2.11. The fraction of sp³-hybridized carbons (Fsp3) is 0.600. The van der Waals surface area contributed by atoms with E-state index >= 15 is 0 Å². The third kappa shape index (κ3) is 3.36. The number of hydrogen-bond acceptors (Lipinski definition) is 3. The highest BCUT2D eigenvalue weighted by atomic mass is 16.1. The Morgan fingerprint density at radius 1 is 1.73 bits per heavy atom. The van der Waals surface area contributed by atoms with E-state index in [2.05, 4.69) is 10.4 Å². The molecule has 1 aromatic heterocycles. The van der Waals surface area contributed by atoms with E-state index in [1.807, 2.05) is 24.7 Å². The van der Waals surface area contributed by atoms with Gasteiger partial charge in [0.05, 0.1) is 6.04 Å². The number of primary amides is 1. The zero-order valence-corrected chi connectivity index (χ0v) is 9.23. The molecule has 3 N–H and O–H groups in total. The molecule has 84 valence electrons. The highest BCUT2D eigenvalue weighted by Crippen LogP contribution is 1.97. The first-order valence-electron chi connectivity index (χ1n) is 5.14. The second kappa shape index (κ2) is 5.50. The van der Waals surface area contributed by atoms with E-state index in [1.54, 1.807) is 6.20 Å². The number of nitrogens with two attached hydrogens (primary N) is 1. The molecule has 1 unspecified atom stereocenters. The average molecular weight is 210 g/mol. The molecule has 1 rings (SSSR count). The Balaban J connectivity index is 2.33. The summed E-state index contributed by atoms with van der Waals surface area (Å²) in [4.78, 5) is 10.9. The van der Waals surface area contributed by atoms with Crippen molar-refractivity contribution >= 4 is 5.91 Å². The quantitative estimate of drug-likeness (QED) is 0.684. The number of rotatable bonds is 6. The summed E-state index contributed by atoms with van der Waals surface area (Å²) in [6.45, 7) is 2.67. The van der Waals surface area contributed by atoms with Crippen LogP contribution in [-0.2, 0) is 18.3 Å². The van der Waals surface area contributed by atoms with Crippen LogP contribution in [0.1, 0.15) is 19.0 Å². The lowest BCUT2D eigenvalue weighted by Crippen LogP contribution is -2.41. The summed E-state index contributed by atoms with van der Waals surface area (Å²) in [7, 11) is 1.90. The molecule has 0 bridgehead atoms. The molecule has 0 aliphatic rings. The summed E-state index contributed by atoms with van der Waals surface area (Å²) >= 11 is 0. The molecule has 0 fully saturated rings. The van der Waals surface area contributed by atoms with Gasteiger partial charge in [-0.1, -0.05) is 6.92 Å². The Morgan fingerprint density at radius 3 is 2.93 bits per heavy atom. The summed E-state index contributed by atoms with van der Waals surface area (Å²) in [6.07, 6.45) is 3.34. The Bertz CT molecular complexity index is 321. The minimum atomic E-state index is -0.289. The van der Waals surface area contributed by atoms with Gasteiger partial charge >= 0.3 is 0 Å². The van der Waals surface area contributed by atoms with Crippen molar-refractivity contribution < 1.29 is 4.79 Å². The van der Waals surface area contributed by atoms with E-state index < -0.39 is 0 Å². The summed E-state index contributed by atoms with van der Waals surface area (Å²) in [6, 6.07) is 1.74. The molecule has 0 aliphatic carbocycles. The van der Waals surface area contributed by atoms with E-state index in [-0.39, 0.29) is 11.9 Å². The molecule has 5 nitrogen and oxygen atoms in total. The molecule has 0 saturated carbocycles. The number of aromatic nitrogens is 2. The minimum Gasteiger partial charge on any atom is -0.368 e. The second-order valence-corrected chi connectivity index (χ2v) is 3.51. The third-order valence-corrected chi connectivity index (χ3v) is 2.45. The van der Waals surface area contributed by atoms with Gasteiger partial charge in [0.1, 0.15) is 0 Å². The number of carbonyl (C=O) groups is 1. The molecule has 0 aliphatic heterocycles. The minimum absolute atomic E-state index is 0.224. The van der Waals surface area contributed by atoms with E-state index in [0.29, 0.717) is 0 Å². The standard InChI is InChI=1S/C10H18N4O/c1-3-9(10(11)15)12-6-4-8-5-7-13-14(8)2/h5,7,9,12H,3-4,6H2,1-2H3,(H2,11,15). The van der Waals surface area contributed by atoms with Crippen LogP contribution in [0.3, 0.4) is 0 Å². The molecule has 1 atom stereocenters. The van der Waals surface area contributed by atoms with Gasteiger partial charge in [-0.15, -0.1) is 0 Å². The second-order valence-electron chi connectivity index (χ2n) is 3.51. The van der Waals surface area contributed by atoms with Crippen molar-refractivity contribution in [3.63, 3.8) is 0 Å². The molecule has 1 heterocycles. The Morgan fingerprint density at radius 2 is 2.47 bits per heavy atom. The maximum Gasteiger partial charge on any atom is 0.234 e. The van der Waals surface area contributed by atoms with Crippen molar-refractivity contribution in [3.05, 3.63) is 18.0 Å². The van der Waals surface area contributed by atoms with Gasteiger partial charge in [0.15, 0.2) is 0 Å². The van der Waals surface area contributed by atoms with Crippen LogP contribution in [0.2, 0.25) is 0 Å². The van der Waals surface area contributed by atoms with Crippen LogP contribution in [0.25, 0.3) is 0 Å². The predicted octanol–water partition coefficient (Wildman–Crippen LogP) is -0.184. The Labute approximate surface area is 89.6 Å². The molecular weight excluding hydrogens is 192 g/mol. The van der Waals surface area contributed by atoms with Crippen molar-refractivity contribution in [2.45, 2.75) is 25.8 Å². The van der Waals surface area contributed by atoms with E-state index in [4.69, 9.17) is 5.73 Å². The molecule has 1 aromatic rings. The van der Waals surface area contributed by atoms with Gasteiger partial charge in [-0.2, -0.15) is 5.10 Å². The van der Waals surface area contributed by atoms with Gasteiger partial charge in [0, 0.05) is 31.9 Å². The number of nitrogens with zero attached hydrogens (tertiary/aromatic N) is 2. The summed E-state index contributed by atoms with van der Waals surface area (Å²) < 4.78 is 1.83. The van der Waals surface area contributed by atoms with Crippen molar-refractivity contribution in [2.75, 3.05) is 6.54 Å². The van der Waals surface area contributed by atoms with Gasteiger partial charge in [-0.3, -0.25) is 9.48 Å². The van der Waals surface area contributed by atoms with E-state index in [9.17, 15) is 4.79 Å². The van der Waals surface area contributed by atoms with Gasteiger partial charge in [0.2, 0.25) is 5.91 Å². The zero-order valence-electron chi connectivity index (χ0n) is 9.23. The van der Waals surface area contributed by atoms with Gasteiger partial charge < -0.3 is 11.1 Å². The van der Waals surface area contributed by atoms with Crippen molar-refractivity contribution in [3.8, 4) is 0 Å². The third-order valence-electron chi connectivity index (χ3n) is 2.45. The Hall–Kier alpha value is -1.36. The first-order chi connectivity index (χ1) is 7.15. The lowest BCUT2D eigenvalue weighted by Gasteiger charge is -2.12. The lowest BCUT2D eigenvalue weighted by molar-refractivity contribution is -0.120. The maximum atomic E-state index is 10.9. The molecule has 0 aromatic carbocycles. The van der Waals surface area contributed by atoms with Crippen LogP contribution in [0.5, 0.6) is 0 Å². The van der Waals surface area contributed by atoms with E-state index in [0.717, 1.165) is 25.1 Å². The van der Waals surface area contributed by atoms with Crippen LogP contribution in [0.4, 0.5) is 0 Å². The highest BCUT2D eigenvalue weighted by molar-refractivity contribution is 5.79. The first-order valence-corrected chi connectivity index (χ1v) is 5.14. The largest absolute Gasteiger partial charge is 0.368 e. The molecule has 1 amide bonds. The number of hydrogen-bond donors (Lipinski definition) is 2. The lowest BCUT2D eigenvalue weighted by atomic mass is 10.2. The summed E-state index contributed by atoms with van der Waals surface area (Å²) in [5.41, 5.74) is 6.36. The van der Waals surface area contributed by atoms with Crippen molar-refractivity contribution in [1.29, 1.82) is 0 Å².